The fraction of sp³-hybridized carbons (Fsp3) is 0.160. The summed E-state index contributed by atoms with van der Waals surface area (Å²) < 4.78 is 5.49. The maximum atomic E-state index is 12.1. The zero-order valence-electron chi connectivity index (χ0n) is 16.3. The molecule has 4 rings (SSSR count). The number of rotatable bonds is 4. The maximum absolute atomic E-state index is 12.1. The number of hydrogen-bond acceptors (Lipinski definition) is 4. The van der Waals surface area contributed by atoms with Crippen molar-refractivity contribution in [2.45, 2.75) is 12.3 Å². The lowest BCUT2D eigenvalue weighted by Crippen LogP contribution is -2.26. The van der Waals surface area contributed by atoms with Crippen molar-refractivity contribution in [3.63, 3.8) is 0 Å². The van der Waals surface area contributed by atoms with E-state index < -0.39 is 6.09 Å². The molecular weight excluding hydrogens is 374 g/mol. The summed E-state index contributed by atoms with van der Waals surface area (Å²) >= 11 is 0. The van der Waals surface area contributed by atoms with Crippen LogP contribution in [0.5, 0.6) is 0 Å². The fourth-order valence-electron chi connectivity index (χ4n) is 3.60. The van der Waals surface area contributed by atoms with Crippen LogP contribution in [0.25, 0.3) is 11.1 Å². The van der Waals surface area contributed by atoms with Gasteiger partial charge in [0.1, 0.15) is 24.1 Å². The summed E-state index contributed by atoms with van der Waals surface area (Å²) in [5, 5.41) is 11.6. The monoisotopic (exact) mass is 393 g/mol. The van der Waals surface area contributed by atoms with Crippen molar-refractivity contribution in [1.29, 1.82) is 5.26 Å². The second-order valence-corrected chi connectivity index (χ2v) is 6.82. The minimum atomic E-state index is -0.455. The number of pyridine rings is 1. The highest BCUT2D eigenvalue weighted by molar-refractivity contribution is 5.79. The van der Waals surface area contributed by atoms with E-state index in [9.17, 15) is 4.79 Å². The minimum absolute atomic E-state index is 0.0430. The van der Waals surface area contributed by atoms with Gasteiger partial charge in [0.2, 0.25) is 0 Å². The van der Waals surface area contributed by atoms with Crippen molar-refractivity contribution in [3.05, 3.63) is 89.2 Å². The Labute approximate surface area is 175 Å². The SMILES string of the molecule is N#Cc1cccc(C#CCCNC(=O)OCC2c3ccccc3-c3ccccc32)n1. The van der Waals surface area contributed by atoms with E-state index in [1.54, 1.807) is 18.2 Å². The molecule has 0 unspecified atom stereocenters. The largest absolute Gasteiger partial charge is 0.449 e. The van der Waals surface area contributed by atoms with Crippen LogP contribution in [-0.2, 0) is 4.74 Å². The zero-order chi connectivity index (χ0) is 20.8. The van der Waals surface area contributed by atoms with E-state index in [1.165, 1.54) is 22.3 Å². The number of benzene rings is 2. The standard InChI is InChI=1S/C25H19N3O2/c26-16-19-10-7-9-18(28-19)8-5-6-15-27-25(29)30-17-24-22-13-3-1-11-20(22)21-12-2-4-14-23(21)24/h1-4,7,9-14,24H,6,15,17H2,(H,27,29). The van der Waals surface area contributed by atoms with Crippen LogP contribution in [0, 0.1) is 23.2 Å². The summed E-state index contributed by atoms with van der Waals surface area (Å²) in [6.45, 7) is 0.665. The van der Waals surface area contributed by atoms with Gasteiger partial charge in [-0.15, -0.1) is 0 Å². The summed E-state index contributed by atoms with van der Waals surface area (Å²) in [5.41, 5.74) is 5.64. The van der Waals surface area contributed by atoms with Crippen molar-refractivity contribution in [2.24, 2.45) is 0 Å². The molecule has 1 N–H and O–H groups in total. The van der Waals surface area contributed by atoms with E-state index >= 15 is 0 Å². The number of carbonyl (C=O) groups is 1. The lowest BCUT2D eigenvalue weighted by Gasteiger charge is -2.14. The molecule has 0 radical (unpaired) electrons. The molecule has 0 saturated heterocycles. The molecule has 0 fully saturated rings. The second-order valence-electron chi connectivity index (χ2n) is 6.82. The van der Waals surface area contributed by atoms with Crippen molar-refractivity contribution in [2.75, 3.05) is 13.2 Å². The number of ether oxygens (including phenoxy) is 1. The Morgan fingerprint density at radius 2 is 1.63 bits per heavy atom. The average Bonchev–Trinajstić information content (AvgIpc) is 3.11. The Morgan fingerprint density at radius 1 is 0.967 bits per heavy atom. The third kappa shape index (κ3) is 4.16. The molecule has 0 saturated carbocycles. The lowest BCUT2D eigenvalue weighted by atomic mass is 9.98. The molecule has 1 aliphatic carbocycles. The predicted octanol–water partition coefficient (Wildman–Crippen LogP) is 4.23. The third-order valence-electron chi connectivity index (χ3n) is 4.94. The number of fused-ring (bicyclic) bond motifs is 3. The van der Waals surface area contributed by atoms with Gasteiger partial charge in [-0.05, 0) is 40.3 Å². The van der Waals surface area contributed by atoms with Gasteiger partial charge in [0.15, 0.2) is 0 Å². The maximum Gasteiger partial charge on any atom is 0.407 e. The number of nitrogens with zero attached hydrogens (tertiary/aromatic N) is 2. The molecule has 0 bridgehead atoms. The normalized spacial score (nSPS) is 11.4. The van der Waals surface area contributed by atoms with Crippen LogP contribution in [0.2, 0.25) is 0 Å². The Kier molecular flexibility index (Phi) is 5.73. The quantitative estimate of drug-likeness (QED) is 0.532. The fourth-order valence-corrected chi connectivity index (χ4v) is 3.60. The van der Waals surface area contributed by atoms with Crippen molar-refractivity contribution in [3.8, 4) is 29.0 Å². The second kappa shape index (κ2) is 8.94. The summed E-state index contributed by atoms with van der Waals surface area (Å²) in [6.07, 6.45) is 0.00566. The van der Waals surface area contributed by atoms with E-state index in [0.29, 0.717) is 24.4 Å². The van der Waals surface area contributed by atoms with Gasteiger partial charge in [-0.1, -0.05) is 60.5 Å². The summed E-state index contributed by atoms with van der Waals surface area (Å²) in [7, 11) is 0. The molecule has 5 nitrogen and oxygen atoms in total. The van der Waals surface area contributed by atoms with E-state index in [0.717, 1.165) is 0 Å². The number of carbonyl (C=O) groups excluding carboxylic acids is 1. The predicted molar refractivity (Wildman–Crippen MR) is 114 cm³/mol. The number of aromatic nitrogens is 1. The summed E-state index contributed by atoms with van der Waals surface area (Å²) in [6, 6.07) is 23.6. The Morgan fingerprint density at radius 3 is 2.33 bits per heavy atom. The molecule has 5 heteroatoms. The molecule has 1 amide bonds. The van der Waals surface area contributed by atoms with Crippen LogP contribution in [0.3, 0.4) is 0 Å². The zero-order valence-corrected chi connectivity index (χ0v) is 16.3. The first-order valence-electron chi connectivity index (χ1n) is 9.71. The first-order valence-corrected chi connectivity index (χ1v) is 9.71. The highest BCUT2D eigenvalue weighted by Crippen LogP contribution is 2.44. The van der Waals surface area contributed by atoms with Crippen LogP contribution < -0.4 is 5.32 Å². The van der Waals surface area contributed by atoms with Crippen molar-refractivity contribution in [1.82, 2.24) is 10.3 Å². The molecular formula is C25H19N3O2. The van der Waals surface area contributed by atoms with Crippen molar-refractivity contribution >= 4 is 6.09 Å². The molecule has 0 atom stereocenters. The minimum Gasteiger partial charge on any atom is -0.449 e. The molecule has 0 spiro atoms. The number of amides is 1. The van der Waals surface area contributed by atoms with Crippen LogP contribution in [0.1, 0.15) is 34.9 Å². The van der Waals surface area contributed by atoms with Crippen LogP contribution in [-0.4, -0.2) is 24.2 Å². The van der Waals surface area contributed by atoms with Gasteiger partial charge in [0, 0.05) is 18.9 Å². The first kappa shape index (κ1) is 19.2. The van der Waals surface area contributed by atoms with E-state index in [1.807, 2.05) is 30.3 Å². The van der Waals surface area contributed by atoms with Crippen LogP contribution in [0.4, 0.5) is 4.79 Å². The number of nitriles is 1. The van der Waals surface area contributed by atoms with E-state index in [2.05, 4.69) is 46.4 Å². The molecule has 1 aliphatic rings. The van der Waals surface area contributed by atoms with E-state index in [4.69, 9.17) is 10.00 Å². The molecule has 0 aliphatic heterocycles. The van der Waals surface area contributed by atoms with Gasteiger partial charge in [-0.2, -0.15) is 5.26 Å². The van der Waals surface area contributed by atoms with Gasteiger partial charge in [0.05, 0.1) is 0 Å². The highest BCUT2D eigenvalue weighted by Gasteiger charge is 2.28. The van der Waals surface area contributed by atoms with Gasteiger partial charge in [-0.25, -0.2) is 9.78 Å². The van der Waals surface area contributed by atoms with Gasteiger partial charge >= 0.3 is 6.09 Å². The number of hydrogen-bond donors (Lipinski definition) is 1. The molecule has 1 heterocycles. The molecule has 3 aromatic rings. The van der Waals surface area contributed by atoms with Gasteiger partial charge in [0.25, 0.3) is 0 Å². The van der Waals surface area contributed by atoms with Crippen molar-refractivity contribution < 1.29 is 9.53 Å². The molecule has 146 valence electrons. The Balaban J connectivity index is 1.29. The molecule has 2 aromatic carbocycles. The lowest BCUT2D eigenvalue weighted by molar-refractivity contribution is 0.143. The van der Waals surface area contributed by atoms with Gasteiger partial charge in [-0.3, -0.25) is 0 Å². The smallest absolute Gasteiger partial charge is 0.407 e. The molecule has 1 aromatic heterocycles. The van der Waals surface area contributed by atoms with E-state index in [-0.39, 0.29) is 12.5 Å². The average molecular weight is 393 g/mol. The van der Waals surface area contributed by atoms with Crippen LogP contribution in [0.15, 0.2) is 66.7 Å². The highest BCUT2D eigenvalue weighted by atomic mass is 16.5. The van der Waals surface area contributed by atoms with Crippen LogP contribution >= 0.6 is 0 Å². The summed E-state index contributed by atoms with van der Waals surface area (Å²) in [5.74, 6) is 5.87. The number of nitrogens with one attached hydrogen (secondary N) is 1. The Bertz CT molecular complexity index is 1140. The Hall–Kier alpha value is -4.09. The molecule has 30 heavy (non-hydrogen) atoms. The first-order chi connectivity index (χ1) is 14.8. The third-order valence-corrected chi connectivity index (χ3v) is 4.94. The topological polar surface area (TPSA) is 75.0 Å². The summed E-state index contributed by atoms with van der Waals surface area (Å²) in [4.78, 5) is 16.2. The van der Waals surface area contributed by atoms with Gasteiger partial charge < -0.3 is 10.1 Å². The number of alkyl carbamates (subject to hydrolysis) is 1.